The van der Waals surface area contributed by atoms with Gasteiger partial charge in [0, 0.05) is 16.9 Å². The van der Waals surface area contributed by atoms with Crippen LogP contribution in [0, 0.1) is 0 Å². The molecule has 1 aromatic carbocycles. The molecule has 1 atom stereocenters. The van der Waals surface area contributed by atoms with E-state index in [1.807, 2.05) is 26.8 Å². The van der Waals surface area contributed by atoms with Gasteiger partial charge in [-0.05, 0) is 44.5 Å². The summed E-state index contributed by atoms with van der Waals surface area (Å²) in [6, 6.07) is 5.37. The van der Waals surface area contributed by atoms with Gasteiger partial charge in [0.2, 0.25) is 5.91 Å². The lowest BCUT2D eigenvalue weighted by atomic mass is 10.1. The average Bonchev–Trinajstić information content (AvgIpc) is 2.96. The quantitative estimate of drug-likeness (QED) is 0.886. The Balaban J connectivity index is 1.92. The van der Waals surface area contributed by atoms with Gasteiger partial charge < -0.3 is 15.4 Å². The highest BCUT2D eigenvalue weighted by Crippen LogP contribution is 2.37. The molecule has 1 fully saturated rings. The van der Waals surface area contributed by atoms with Crippen molar-refractivity contribution in [1.82, 2.24) is 0 Å². The lowest BCUT2D eigenvalue weighted by Crippen LogP contribution is -2.43. The molecular formula is C16H19N3O4. The predicted molar refractivity (Wildman–Crippen MR) is 84.2 cm³/mol. The summed E-state index contributed by atoms with van der Waals surface area (Å²) in [7, 11) is 0. The Bertz CT molecular complexity index is 708. The highest BCUT2D eigenvalue weighted by molar-refractivity contribution is 6.03. The fourth-order valence-corrected chi connectivity index (χ4v) is 3.03. The van der Waals surface area contributed by atoms with E-state index >= 15 is 0 Å². The normalized spacial score (nSPS) is 20.7. The van der Waals surface area contributed by atoms with Crippen molar-refractivity contribution in [3.05, 3.63) is 23.8 Å². The van der Waals surface area contributed by atoms with E-state index in [1.165, 1.54) is 4.90 Å². The number of fused-ring (bicyclic) bond motifs is 1. The van der Waals surface area contributed by atoms with Crippen molar-refractivity contribution in [2.45, 2.75) is 38.8 Å². The van der Waals surface area contributed by atoms with Gasteiger partial charge in [0.15, 0.2) is 6.10 Å². The van der Waals surface area contributed by atoms with Gasteiger partial charge in [-0.1, -0.05) is 0 Å². The number of primary amides is 1. The summed E-state index contributed by atoms with van der Waals surface area (Å²) in [6.45, 7) is 6.01. The summed E-state index contributed by atoms with van der Waals surface area (Å²) >= 11 is 0. The van der Waals surface area contributed by atoms with Crippen molar-refractivity contribution < 1.29 is 19.1 Å². The molecule has 1 saturated heterocycles. The molecular weight excluding hydrogens is 298 g/mol. The topological polar surface area (TPSA) is 92.9 Å². The minimum absolute atomic E-state index is 0.0312. The van der Waals surface area contributed by atoms with Gasteiger partial charge in [0.05, 0.1) is 13.0 Å². The second-order valence-electron chi connectivity index (χ2n) is 6.78. The summed E-state index contributed by atoms with van der Waals surface area (Å²) in [4.78, 5) is 38.5. The third-order valence-electron chi connectivity index (χ3n) is 4.01. The smallest absolute Gasteiger partial charge is 0.415 e. The van der Waals surface area contributed by atoms with Crippen LogP contribution in [0.4, 0.5) is 16.2 Å². The van der Waals surface area contributed by atoms with E-state index < -0.39 is 18.1 Å². The van der Waals surface area contributed by atoms with Crippen LogP contribution in [0.5, 0.6) is 0 Å². The van der Waals surface area contributed by atoms with Gasteiger partial charge in [-0.25, -0.2) is 4.79 Å². The molecule has 0 saturated carbocycles. The zero-order valence-electron chi connectivity index (χ0n) is 13.3. The molecule has 7 heteroatoms. The number of nitrogens with zero attached hydrogens (tertiary/aromatic N) is 2. The van der Waals surface area contributed by atoms with Gasteiger partial charge in [-0.15, -0.1) is 0 Å². The summed E-state index contributed by atoms with van der Waals surface area (Å²) in [6.07, 6.45) is -1.25. The maximum absolute atomic E-state index is 12.3. The predicted octanol–water partition coefficient (Wildman–Crippen LogP) is 1.18. The SMILES string of the molecule is CC(C)(C)N1C(=O)Cc2cc(N3CC(C(N)=O)OC3=O)ccc21. The zero-order valence-corrected chi connectivity index (χ0v) is 13.3. The Morgan fingerprint density at radius 1 is 1.30 bits per heavy atom. The van der Waals surface area contributed by atoms with Crippen LogP contribution in [0.2, 0.25) is 0 Å². The Hall–Kier alpha value is -2.57. The third kappa shape index (κ3) is 2.52. The second kappa shape index (κ2) is 4.97. The van der Waals surface area contributed by atoms with Gasteiger partial charge in [0.25, 0.3) is 5.91 Å². The first kappa shape index (κ1) is 15.3. The highest BCUT2D eigenvalue weighted by Gasteiger charge is 2.38. The van der Waals surface area contributed by atoms with Crippen LogP contribution in [0.25, 0.3) is 0 Å². The third-order valence-corrected chi connectivity index (χ3v) is 4.01. The van der Waals surface area contributed by atoms with Gasteiger partial charge in [-0.3, -0.25) is 14.5 Å². The molecule has 1 aromatic rings. The van der Waals surface area contributed by atoms with E-state index in [0.717, 1.165) is 11.3 Å². The average molecular weight is 317 g/mol. The first-order valence-electron chi connectivity index (χ1n) is 7.42. The number of nitrogens with two attached hydrogens (primary N) is 1. The number of benzene rings is 1. The minimum atomic E-state index is -0.941. The summed E-state index contributed by atoms with van der Waals surface area (Å²) in [5, 5.41) is 0. The minimum Gasteiger partial charge on any atom is -0.434 e. The van der Waals surface area contributed by atoms with Crippen molar-refractivity contribution in [1.29, 1.82) is 0 Å². The number of carbonyl (C=O) groups is 3. The summed E-state index contributed by atoms with van der Waals surface area (Å²) < 4.78 is 4.94. The first-order valence-corrected chi connectivity index (χ1v) is 7.42. The molecule has 2 heterocycles. The molecule has 23 heavy (non-hydrogen) atoms. The lowest BCUT2D eigenvalue weighted by molar-refractivity contribution is -0.124. The fourth-order valence-electron chi connectivity index (χ4n) is 3.03. The number of amides is 3. The maximum Gasteiger partial charge on any atom is 0.415 e. The van der Waals surface area contributed by atoms with Crippen LogP contribution in [0.1, 0.15) is 26.3 Å². The van der Waals surface area contributed by atoms with E-state index in [0.29, 0.717) is 12.1 Å². The van der Waals surface area contributed by atoms with Crippen molar-refractivity contribution in [3.63, 3.8) is 0 Å². The molecule has 2 aliphatic heterocycles. The van der Waals surface area contributed by atoms with E-state index in [2.05, 4.69) is 0 Å². The molecule has 0 bridgehead atoms. The zero-order chi connectivity index (χ0) is 16.9. The second-order valence-corrected chi connectivity index (χ2v) is 6.78. The van der Waals surface area contributed by atoms with E-state index in [9.17, 15) is 14.4 Å². The molecule has 2 N–H and O–H groups in total. The van der Waals surface area contributed by atoms with Crippen LogP contribution >= 0.6 is 0 Å². The fraction of sp³-hybridized carbons (Fsp3) is 0.438. The number of hydrogen-bond donors (Lipinski definition) is 1. The van der Waals surface area contributed by atoms with Crippen molar-refractivity contribution in [2.75, 3.05) is 16.3 Å². The Kier molecular flexibility index (Phi) is 3.31. The Morgan fingerprint density at radius 3 is 2.57 bits per heavy atom. The number of ether oxygens (including phenoxy) is 1. The van der Waals surface area contributed by atoms with Crippen LogP contribution < -0.4 is 15.5 Å². The highest BCUT2D eigenvalue weighted by atomic mass is 16.6. The standard InChI is InChI=1S/C16H19N3O4/c1-16(2,3)19-11-5-4-10(6-9(11)7-13(19)20)18-8-12(14(17)21)23-15(18)22/h4-6,12H,7-8H2,1-3H3,(H2,17,21). The molecule has 2 aliphatic rings. The monoisotopic (exact) mass is 317 g/mol. The van der Waals surface area contributed by atoms with E-state index in [1.54, 1.807) is 17.0 Å². The summed E-state index contributed by atoms with van der Waals surface area (Å²) in [5.74, 6) is -0.639. The maximum atomic E-state index is 12.3. The van der Waals surface area contributed by atoms with E-state index in [4.69, 9.17) is 10.5 Å². The van der Waals surface area contributed by atoms with E-state index in [-0.39, 0.29) is 18.0 Å². The summed E-state index contributed by atoms with van der Waals surface area (Å²) in [5.41, 5.74) is 7.18. The van der Waals surface area contributed by atoms with Crippen LogP contribution in [0.15, 0.2) is 18.2 Å². The largest absolute Gasteiger partial charge is 0.434 e. The molecule has 0 aliphatic carbocycles. The molecule has 0 aromatic heterocycles. The van der Waals surface area contributed by atoms with Crippen molar-refractivity contribution in [2.24, 2.45) is 5.73 Å². The first-order chi connectivity index (χ1) is 10.7. The Labute approximate surface area is 134 Å². The van der Waals surface area contributed by atoms with Gasteiger partial charge >= 0.3 is 6.09 Å². The van der Waals surface area contributed by atoms with Gasteiger partial charge in [0.1, 0.15) is 0 Å². The van der Waals surface area contributed by atoms with Crippen LogP contribution in [0.3, 0.4) is 0 Å². The molecule has 3 amide bonds. The molecule has 3 rings (SSSR count). The number of cyclic esters (lactones) is 1. The molecule has 7 nitrogen and oxygen atoms in total. The Morgan fingerprint density at radius 2 is 2.00 bits per heavy atom. The van der Waals surface area contributed by atoms with Gasteiger partial charge in [-0.2, -0.15) is 0 Å². The molecule has 122 valence electrons. The number of hydrogen-bond acceptors (Lipinski definition) is 4. The van der Waals surface area contributed by atoms with Crippen LogP contribution in [-0.4, -0.2) is 36.1 Å². The van der Waals surface area contributed by atoms with Crippen LogP contribution in [-0.2, 0) is 20.7 Å². The van der Waals surface area contributed by atoms with Crippen molar-refractivity contribution >= 4 is 29.3 Å². The number of carbonyl (C=O) groups excluding carboxylic acids is 3. The number of anilines is 2. The molecule has 0 radical (unpaired) electrons. The lowest BCUT2D eigenvalue weighted by Gasteiger charge is -2.32. The molecule has 1 unspecified atom stereocenters. The number of rotatable bonds is 2. The van der Waals surface area contributed by atoms with Crippen molar-refractivity contribution in [3.8, 4) is 0 Å². The molecule has 0 spiro atoms.